The van der Waals surface area contributed by atoms with Gasteiger partial charge in [0.2, 0.25) is 0 Å². The summed E-state index contributed by atoms with van der Waals surface area (Å²) in [4.78, 5) is 28.6. The van der Waals surface area contributed by atoms with Gasteiger partial charge in [-0.3, -0.25) is 4.79 Å². The molecular weight excluding hydrogens is 366 g/mol. The molecule has 0 bridgehead atoms. The van der Waals surface area contributed by atoms with Crippen molar-refractivity contribution in [3.63, 3.8) is 0 Å². The zero-order chi connectivity index (χ0) is 20.6. The highest BCUT2D eigenvalue weighted by Gasteiger charge is 2.10. The Kier molecular flexibility index (Phi) is 6.58. The van der Waals surface area contributed by atoms with E-state index in [9.17, 15) is 9.59 Å². The molecule has 0 saturated heterocycles. The van der Waals surface area contributed by atoms with Crippen LogP contribution in [-0.4, -0.2) is 23.5 Å². The Labute approximate surface area is 169 Å². The monoisotopic (exact) mass is 389 g/mol. The Morgan fingerprint density at radius 3 is 2.45 bits per heavy atom. The van der Waals surface area contributed by atoms with Crippen LogP contribution in [0.1, 0.15) is 40.1 Å². The van der Waals surface area contributed by atoms with Gasteiger partial charge in [-0.05, 0) is 61.4 Å². The summed E-state index contributed by atoms with van der Waals surface area (Å²) in [7, 11) is 0. The van der Waals surface area contributed by atoms with E-state index < -0.39 is 0 Å². The number of ether oxygens (including phenoxy) is 1. The number of pyridine rings is 1. The van der Waals surface area contributed by atoms with E-state index in [-0.39, 0.29) is 11.9 Å². The molecule has 29 heavy (non-hydrogen) atoms. The van der Waals surface area contributed by atoms with Crippen molar-refractivity contribution in [3.05, 3.63) is 83.6 Å². The quantitative estimate of drug-likeness (QED) is 0.567. The first kappa shape index (κ1) is 20.1. The minimum absolute atomic E-state index is 0.261. The third-order valence-corrected chi connectivity index (χ3v) is 4.34. The topological polar surface area (TPSA) is 80.3 Å². The maximum atomic E-state index is 12.6. The van der Waals surface area contributed by atoms with E-state index >= 15 is 0 Å². The number of amides is 1. The van der Waals surface area contributed by atoms with E-state index in [0.29, 0.717) is 29.2 Å². The number of anilines is 3. The Morgan fingerprint density at radius 2 is 1.72 bits per heavy atom. The number of hydrogen-bond donors (Lipinski definition) is 2. The third-order valence-electron chi connectivity index (χ3n) is 4.34. The van der Waals surface area contributed by atoms with Crippen LogP contribution in [0.2, 0.25) is 0 Å². The highest BCUT2D eigenvalue weighted by atomic mass is 16.5. The minimum atomic E-state index is -0.386. The molecule has 0 aliphatic heterocycles. The number of aromatic nitrogens is 1. The molecule has 6 nitrogen and oxygen atoms in total. The molecule has 0 unspecified atom stereocenters. The Bertz CT molecular complexity index is 1000. The first-order chi connectivity index (χ1) is 14.1. The van der Waals surface area contributed by atoms with Gasteiger partial charge in [-0.25, -0.2) is 9.78 Å². The average Bonchev–Trinajstić information content (AvgIpc) is 2.75. The zero-order valence-corrected chi connectivity index (χ0v) is 16.4. The van der Waals surface area contributed by atoms with Crippen LogP contribution in [0.4, 0.5) is 17.2 Å². The number of carbonyl (C=O) groups is 2. The van der Waals surface area contributed by atoms with Gasteiger partial charge in [0.15, 0.2) is 0 Å². The molecule has 1 aromatic heterocycles. The molecule has 148 valence electrons. The van der Waals surface area contributed by atoms with Gasteiger partial charge in [0.05, 0.1) is 12.2 Å². The number of para-hydroxylation sites is 1. The molecule has 0 fully saturated rings. The Morgan fingerprint density at radius 1 is 0.966 bits per heavy atom. The van der Waals surface area contributed by atoms with Gasteiger partial charge in [0.1, 0.15) is 5.82 Å². The van der Waals surface area contributed by atoms with Crippen molar-refractivity contribution >= 4 is 29.1 Å². The molecule has 3 aromatic rings. The number of nitrogens with one attached hydrogen (secondary N) is 2. The summed E-state index contributed by atoms with van der Waals surface area (Å²) in [6.45, 7) is 4.16. The van der Waals surface area contributed by atoms with Gasteiger partial charge in [-0.1, -0.05) is 25.1 Å². The summed E-state index contributed by atoms with van der Waals surface area (Å²) >= 11 is 0. The molecule has 0 atom stereocenters. The van der Waals surface area contributed by atoms with Crippen molar-refractivity contribution in [2.75, 3.05) is 17.2 Å². The van der Waals surface area contributed by atoms with Crippen molar-refractivity contribution in [2.24, 2.45) is 0 Å². The normalized spacial score (nSPS) is 10.3. The van der Waals surface area contributed by atoms with Crippen LogP contribution in [0.3, 0.4) is 0 Å². The van der Waals surface area contributed by atoms with Crippen molar-refractivity contribution in [1.29, 1.82) is 0 Å². The summed E-state index contributed by atoms with van der Waals surface area (Å²) in [6, 6.07) is 17.9. The number of nitrogens with zero attached hydrogens (tertiary/aromatic N) is 1. The fourth-order valence-corrected chi connectivity index (χ4v) is 2.84. The summed E-state index contributed by atoms with van der Waals surface area (Å²) < 4.78 is 4.96. The lowest BCUT2D eigenvalue weighted by atomic mass is 10.1. The van der Waals surface area contributed by atoms with Crippen LogP contribution < -0.4 is 10.6 Å². The van der Waals surface area contributed by atoms with Crippen LogP contribution in [-0.2, 0) is 11.2 Å². The molecule has 6 heteroatoms. The smallest absolute Gasteiger partial charge is 0.338 e. The Balaban J connectivity index is 1.70. The molecule has 0 aliphatic rings. The highest BCUT2D eigenvalue weighted by molar-refractivity contribution is 6.05. The van der Waals surface area contributed by atoms with Crippen molar-refractivity contribution < 1.29 is 14.3 Å². The first-order valence-corrected chi connectivity index (χ1v) is 9.50. The molecular formula is C23H23N3O3. The molecule has 0 spiro atoms. The van der Waals surface area contributed by atoms with Crippen LogP contribution in [0.5, 0.6) is 0 Å². The van der Waals surface area contributed by atoms with Gasteiger partial charge in [-0.15, -0.1) is 0 Å². The molecule has 0 aliphatic carbocycles. The van der Waals surface area contributed by atoms with Crippen LogP contribution in [0, 0.1) is 0 Å². The summed E-state index contributed by atoms with van der Waals surface area (Å²) in [5.74, 6) is -0.0538. The summed E-state index contributed by atoms with van der Waals surface area (Å²) in [5, 5.41) is 6.10. The Hall–Kier alpha value is -3.67. The van der Waals surface area contributed by atoms with Gasteiger partial charge in [0, 0.05) is 23.1 Å². The van der Waals surface area contributed by atoms with Crippen molar-refractivity contribution in [3.8, 4) is 0 Å². The number of benzene rings is 2. The largest absolute Gasteiger partial charge is 0.462 e. The number of esters is 1. The maximum Gasteiger partial charge on any atom is 0.338 e. The van der Waals surface area contributed by atoms with E-state index in [2.05, 4.69) is 28.6 Å². The summed E-state index contributed by atoms with van der Waals surface area (Å²) in [6.07, 6.45) is 2.49. The molecule has 1 heterocycles. The van der Waals surface area contributed by atoms with Gasteiger partial charge in [0.25, 0.3) is 5.91 Å². The molecule has 3 rings (SSSR count). The standard InChI is InChI=1S/C23H23N3O3/c1-3-16-7-5-6-8-20(16)26-21-15-18(13-14-24-21)22(27)25-19-11-9-17(10-12-19)23(28)29-4-2/h5-15H,3-4H2,1-2H3,(H,24,26)(H,25,27). The number of carbonyl (C=O) groups excluding carboxylic acids is 2. The van der Waals surface area contributed by atoms with E-state index in [4.69, 9.17) is 4.74 Å². The van der Waals surface area contributed by atoms with E-state index in [1.54, 1.807) is 49.5 Å². The zero-order valence-electron chi connectivity index (χ0n) is 16.4. The lowest BCUT2D eigenvalue weighted by molar-refractivity contribution is 0.0526. The lowest BCUT2D eigenvalue weighted by Crippen LogP contribution is -2.13. The molecule has 1 amide bonds. The maximum absolute atomic E-state index is 12.6. The van der Waals surface area contributed by atoms with Crippen LogP contribution in [0.15, 0.2) is 66.9 Å². The minimum Gasteiger partial charge on any atom is -0.462 e. The number of hydrogen-bond acceptors (Lipinski definition) is 5. The van der Waals surface area contributed by atoms with Crippen molar-refractivity contribution in [1.82, 2.24) is 4.98 Å². The third kappa shape index (κ3) is 5.19. The van der Waals surface area contributed by atoms with E-state index in [1.807, 2.05) is 18.2 Å². The predicted octanol–water partition coefficient (Wildman–Crippen LogP) is 4.82. The molecule has 2 aromatic carbocycles. The van der Waals surface area contributed by atoms with E-state index in [0.717, 1.165) is 12.1 Å². The second kappa shape index (κ2) is 9.50. The van der Waals surface area contributed by atoms with Gasteiger partial charge in [-0.2, -0.15) is 0 Å². The predicted molar refractivity (Wildman–Crippen MR) is 114 cm³/mol. The average molecular weight is 389 g/mol. The second-order valence-corrected chi connectivity index (χ2v) is 6.32. The van der Waals surface area contributed by atoms with Gasteiger partial charge < -0.3 is 15.4 Å². The fourth-order valence-electron chi connectivity index (χ4n) is 2.84. The molecule has 0 saturated carbocycles. The van der Waals surface area contributed by atoms with Crippen molar-refractivity contribution in [2.45, 2.75) is 20.3 Å². The first-order valence-electron chi connectivity index (χ1n) is 9.50. The second-order valence-electron chi connectivity index (χ2n) is 6.32. The van der Waals surface area contributed by atoms with Crippen LogP contribution in [0.25, 0.3) is 0 Å². The fraction of sp³-hybridized carbons (Fsp3) is 0.174. The number of rotatable bonds is 7. The molecule has 2 N–H and O–H groups in total. The SMILES string of the molecule is CCOC(=O)c1ccc(NC(=O)c2ccnc(Nc3ccccc3CC)c2)cc1. The highest BCUT2D eigenvalue weighted by Crippen LogP contribution is 2.21. The van der Waals surface area contributed by atoms with Crippen LogP contribution >= 0.6 is 0 Å². The summed E-state index contributed by atoms with van der Waals surface area (Å²) in [5.41, 5.74) is 3.65. The van der Waals surface area contributed by atoms with Gasteiger partial charge >= 0.3 is 5.97 Å². The number of aryl methyl sites for hydroxylation is 1. The molecule has 0 radical (unpaired) electrons. The lowest BCUT2D eigenvalue weighted by Gasteiger charge is -2.11. The van der Waals surface area contributed by atoms with E-state index in [1.165, 1.54) is 5.56 Å².